The van der Waals surface area contributed by atoms with Crippen LogP contribution in [0.5, 0.6) is 0 Å². The summed E-state index contributed by atoms with van der Waals surface area (Å²) in [7, 11) is 0. The number of alkyl halides is 1. The second kappa shape index (κ2) is 7.14. The van der Waals surface area contributed by atoms with E-state index in [1.165, 1.54) is 44.7 Å². The summed E-state index contributed by atoms with van der Waals surface area (Å²) in [4.78, 5) is 5.13. The summed E-state index contributed by atoms with van der Waals surface area (Å²) in [6.07, 6.45) is 1.29. The third kappa shape index (κ3) is 4.41. The lowest BCUT2D eigenvalue weighted by atomic mass is 10.2. The van der Waals surface area contributed by atoms with Crippen molar-refractivity contribution >= 4 is 15.9 Å². The van der Waals surface area contributed by atoms with Crippen molar-refractivity contribution in [3.63, 3.8) is 0 Å². The number of nitrogens with zero attached hydrogens (tertiary/aromatic N) is 2. The molecule has 0 spiro atoms. The van der Waals surface area contributed by atoms with Crippen molar-refractivity contribution in [3.05, 3.63) is 35.9 Å². The molecule has 0 aromatic heterocycles. The van der Waals surface area contributed by atoms with Gasteiger partial charge in [0.2, 0.25) is 0 Å². The topological polar surface area (TPSA) is 6.48 Å². The lowest BCUT2D eigenvalue weighted by Gasteiger charge is -2.21. The number of hydrogen-bond donors (Lipinski definition) is 0. The monoisotopic (exact) mass is 296 g/mol. The lowest BCUT2D eigenvalue weighted by Crippen LogP contribution is -2.31. The third-order valence-corrected chi connectivity index (χ3v) is 3.69. The Bertz CT molecular complexity index is 315. The van der Waals surface area contributed by atoms with Crippen molar-refractivity contribution in [1.29, 1.82) is 0 Å². The molecule has 0 atom stereocenters. The van der Waals surface area contributed by atoms with Gasteiger partial charge in [0.15, 0.2) is 0 Å². The molecule has 1 aromatic carbocycles. The van der Waals surface area contributed by atoms with Crippen LogP contribution in [-0.4, -0.2) is 47.9 Å². The van der Waals surface area contributed by atoms with Crippen LogP contribution in [0.2, 0.25) is 0 Å². The van der Waals surface area contributed by atoms with E-state index in [-0.39, 0.29) is 0 Å². The SMILES string of the molecule is BrCCN1CCCN(Cc2ccccc2)CC1. The van der Waals surface area contributed by atoms with Crippen molar-refractivity contribution in [3.8, 4) is 0 Å². The summed E-state index contributed by atoms with van der Waals surface area (Å²) in [6.45, 7) is 7.16. The first-order valence-corrected chi connectivity index (χ1v) is 7.55. The predicted octanol–water partition coefficient (Wildman–Crippen LogP) is 2.59. The molecule has 1 fully saturated rings. The molecule has 17 heavy (non-hydrogen) atoms. The molecule has 0 saturated carbocycles. The standard InChI is InChI=1S/C14H21BrN2/c15-7-10-16-8-4-9-17(12-11-16)13-14-5-2-1-3-6-14/h1-3,5-6H,4,7-13H2. The Hall–Kier alpha value is -0.380. The second-order valence-corrected chi connectivity index (χ2v) is 5.44. The zero-order valence-electron chi connectivity index (χ0n) is 10.3. The maximum Gasteiger partial charge on any atom is 0.0234 e. The Morgan fingerprint density at radius 2 is 1.65 bits per heavy atom. The van der Waals surface area contributed by atoms with E-state index in [2.05, 4.69) is 56.1 Å². The first-order chi connectivity index (χ1) is 8.38. The molecule has 0 amide bonds. The highest BCUT2D eigenvalue weighted by Crippen LogP contribution is 2.08. The molecular weight excluding hydrogens is 276 g/mol. The molecule has 2 nitrogen and oxygen atoms in total. The van der Waals surface area contributed by atoms with Crippen LogP contribution in [0, 0.1) is 0 Å². The first-order valence-electron chi connectivity index (χ1n) is 6.43. The Balaban J connectivity index is 1.83. The number of hydrogen-bond acceptors (Lipinski definition) is 2. The van der Waals surface area contributed by atoms with Gasteiger partial charge in [-0.1, -0.05) is 46.3 Å². The van der Waals surface area contributed by atoms with Crippen LogP contribution in [0.1, 0.15) is 12.0 Å². The van der Waals surface area contributed by atoms with E-state index in [4.69, 9.17) is 0 Å². The summed E-state index contributed by atoms with van der Waals surface area (Å²) in [5.74, 6) is 0. The molecule has 94 valence electrons. The molecule has 1 heterocycles. The molecule has 3 heteroatoms. The van der Waals surface area contributed by atoms with Crippen LogP contribution in [0.3, 0.4) is 0 Å². The summed E-state index contributed by atoms with van der Waals surface area (Å²) >= 11 is 3.52. The van der Waals surface area contributed by atoms with E-state index in [1.807, 2.05) is 0 Å². The van der Waals surface area contributed by atoms with Gasteiger partial charge < -0.3 is 4.90 Å². The van der Waals surface area contributed by atoms with Crippen LogP contribution in [-0.2, 0) is 6.54 Å². The number of rotatable bonds is 4. The molecule has 1 aliphatic heterocycles. The molecule has 0 radical (unpaired) electrons. The minimum Gasteiger partial charge on any atom is -0.301 e. The zero-order chi connectivity index (χ0) is 11.9. The summed E-state index contributed by atoms with van der Waals surface area (Å²) in [5, 5.41) is 1.09. The fraction of sp³-hybridized carbons (Fsp3) is 0.571. The molecule has 0 aliphatic carbocycles. The molecule has 1 aromatic rings. The Morgan fingerprint density at radius 3 is 2.41 bits per heavy atom. The van der Waals surface area contributed by atoms with Crippen LogP contribution >= 0.6 is 15.9 Å². The Labute approximate surface area is 113 Å². The number of halogens is 1. The summed E-state index contributed by atoms with van der Waals surface area (Å²) in [6, 6.07) is 10.8. The maximum absolute atomic E-state index is 3.52. The fourth-order valence-electron chi connectivity index (χ4n) is 2.37. The van der Waals surface area contributed by atoms with Crippen LogP contribution in [0.25, 0.3) is 0 Å². The molecule has 1 saturated heterocycles. The second-order valence-electron chi connectivity index (χ2n) is 4.65. The zero-order valence-corrected chi connectivity index (χ0v) is 11.9. The van der Waals surface area contributed by atoms with Crippen molar-refractivity contribution < 1.29 is 0 Å². The van der Waals surface area contributed by atoms with Crippen molar-refractivity contribution in [1.82, 2.24) is 9.80 Å². The van der Waals surface area contributed by atoms with E-state index >= 15 is 0 Å². The van der Waals surface area contributed by atoms with Gasteiger partial charge in [-0.15, -0.1) is 0 Å². The van der Waals surface area contributed by atoms with Crippen molar-refractivity contribution in [2.24, 2.45) is 0 Å². The molecule has 0 unspecified atom stereocenters. The lowest BCUT2D eigenvalue weighted by molar-refractivity contribution is 0.258. The van der Waals surface area contributed by atoms with Gasteiger partial charge in [-0.2, -0.15) is 0 Å². The van der Waals surface area contributed by atoms with Gasteiger partial charge in [-0.25, -0.2) is 0 Å². The van der Waals surface area contributed by atoms with E-state index in [1.54, 1.807) is 0 Å². The first kappa shape index (κ1) is 13.1. The van der Waals surface area contributed by atoms with E-state index in [9.17, 15) is 0 Å². The van der Waals surface area contributed by atoms with Gasteiger partial charge in [0, 0.05) is 31.5 Å². The van der Waals surface area contributed by atoms with Crippen LogP contribution in [0.15, 0.2) is 30.3 Å². The quantitative estimate of drug-likeness (QED) is 0.788. The predicted molar refractivity (Wildman–Crippen MR) is 76.6 cm³/mol. The molecule has 1 aliphatic rings. The molecular formula is C14H21BrN2. The van der Waals surface area contributed by atoms with Gasteiger partial charge >= 0.3 is 0 Å². The Morgan fingerprint density at radius 1 is 0.941 bits per heavy atom. The highest BCUT2D eigenvalue weighted by Gasteiger charge is 2.13. The van der Waals surface area contributed by atoms with Gasteiger partial charge in [0.05, 0.1) is 0 Å². The van der Waals surface area contributed by atoms with Crippen LogP contribution in [0.4, 0.5) is 0 Å². The van der Waals surface area contributed by atoms with E-state index in [0.29, 0.717) is 0 Å². The number of benzene rings is 1. The maximum atomic E-state index is 3.52. The minimum atomic E-state index is 1.09. The average molecular weight is 297 g/mol. The minimum absolute atomic E-state index is 1.09. The smallest absolute Gasteiger partial charge is 0.0234 e. The van der Waals surface area contributed by atoms with Gasteiger partial charge in [-0.05, 0) is 25.1 Å². The molecule has 2 rings (SSSR count). The average Bonchev–Trinajstić information content (AvgIpc) is 2.57. The normalized spacial score (nSPS) is 19.1. The van der Waals surface area contributed by atoms with Crippen molar-refractivity contribution in [2.45, 2.75) is 13.0 Å². The van der Waals surface area contributed by atoms with Crippen molar-refractivity contribution in [2.75, 3.05) is 38.1 Å². The van der Waals surface area contributed by atoms with Gasteiger partial charge in [-0.3, -0.25) is 4.90 Å². The van der Waals surface area contributed by atoms with E-state index in [0.717, 1.165) is 11.9 Å². The third-order valence-electron chi connectivity index (χ3n) is 3.33. The molecule has 0 bridgehead atoms. The molecule has 0 N–H and O–H groups in total. The fourth-order valence-corrected chi connectivity index (χ4v) is 2.87. The van der Waals surface area contributed by atoms with E-state index < -0.39 is 0 Å². The van der Waals surface area contributed by atoms with Gasteiger partial charge in [0.25, 0.3) is 0 Å². The summed E-state index contributed by atoms with van der Waals surface area (Å²) < 4.78 is 0. The highest BCUT2D eigenvalue weighted by molar-refractivity contribution is 9.09. The highest BCUT2D eigenvalue weighted by atomic mass is 79.9. The van der Waals surface area contributed by atoms with Crippen LogP contribution < -0.4 is 0 Å². The largest absolute Gasteiger partial charge is 0.301 e. The van der Waals surface area contributed by atoms with Gasteiger partial charge in [0.1, 0.15) is 0 Å². The Kier molecular flexibility index (Phi) is 5.49. The summed E-state index contributed by atoms with van der Waals surface area (Å²) in [5.41, 5.74) is 1.43.